The van der Waals surface area contributed by atoms with Gasteiger partial charge in [0.25, 0.3) is 0 Å². The van der Waals surface area contributed by atoms with Gasteiger partial charge < -0.3 is 19.5 Å². The maximum absolute atomic E-state index is 12.9. The van der Waals surface area contributed by atoms with Gasteiger partial charge in [0, 0.05) is 24.2 Å². The summed E-state index contributed by atoms with van der Waals surface area (Å²) in [6, 6.07) is 2.94. The largest absolute Gasteiger partial charge is 0.496 e. The molecule has 0 saturated carbocycles. The molecule has 8 heteroatoms. The highest BCUT2D eigenvalue weighted by Gasteiger charge is 2.31. The first kappa shape index (κ1) is 17.8. The first-order valence-electron chi connectivity index (χ1n) is 7.48. The first-order chi connectivity index (χ1) is 10.9. The van der Waals surface area contributed by atoms with E-state index in [1.807, 2.05) is 6.92 Å². The second-order valence-corrected chi connectivity index (χ2v) is 7.12. The molecule has 2 N–H and O–H groups in total. The molecule has 1 aromatic carbocycles. The molecular formula is C15H24N2O5S. The van der Waals surface area contributed by atoms with Gasteiger partial charge in [-0.1, -0.05) is 0 Å². The Bertz CT molecular complexity index is 622. The summed E-state index contributed by atoms with van der Waals surface area (Å²) in [6.07, 6.45) is 1.71. The van der Waals surface area contributed by atoms with Crippen LogP contribution in [-0.2, 0) is 10.0 Å². The number of sulfonamides is 1. The SMILES string of the molecule is COc1cc(OC)c(S(=O)(=O)NC2CCCNC2C)c(OC)c1. The lowest BCUT2D eigenvalue weighted by molar-refractivity contribution is 0.343. The Kier molecular flexibility index (Phi) is 5.72. The zero-order chi connectivity index (χ0) is 17.0. The molecule has 1 aromatic rings. The minimum atomic E-state index is -3.80. The van der Waals surface area contributed by atoms with Crippen molar-refractivity contribution >= 4 is 10.0 Å². The Labute approximate surface area is 137 Å². The first-order valence-corrected chi connectivity index (χ1v) is 8.97. The number of ether oxygens (including phenoxy) is 3. The number of rotatable bonds is 6. The van der Waals surface area contributed by atoms with E-state index >= 15 is 0 Å². The van der Waals surface area contributed by atoms with Crippen LogP contribution in [0.3, 0.4) is 0 Å². The lowest BCUT2D eigenvalue weighted by Crippen LogP contribution is -2.51. The number of nitrogens with one attached hydrogen (secondary N) is 2. The van der Waals surface area contributed by atoms with Gasteiger partial charge >= 0.3 is 0 Å². The predicted octanol–water partition coefficient (Wildman–Crippen LogP) is 1.13. The van der Waals surface area contributed by atoms with Gasteiger partial charge in [-0.2, -0.15) is 0 Å². The fraction of sp³-hybridized carbons (Fsp3) is 0.600. The monoisotopic (exact) mass is 344 g/mol. The Balaban J connectivity index is 2.41. The molecule has 23 heavy (non-hydrogen) atoms. The molecule has 2 rings (SSSR count). The van der Waals surface area contributed by atoms with E-state index in [2.05, 4.69) is 10.0 Å². The van der Waals surface area contributed by atoms with Crippen molar-refractivity contribution in [2.24, 2.45) is 0 Å². The highest BCUT2D eigenvalue weighted by atomic mass is 32.2. The predicted molar refractivity (Wildman–Crippen MR) is 86.9 cm³/mol. The third-order valence-corrected chi connectivity index (χ3v) is 5.56. The van der Waals surface area contributed by atoms with Gasteiger partial charge in [-0.05, 0) is 26.3 Å². The van der Waals surface area contributed by atoms with E-state index in [4.69, 9.17) is 14.2 Å². The molecule has 7 nitrogen and oxygen atoms in total. The van der Waals surface area contributed by atoms with Crippen LogP contribution in [0.25, 0.3) is 0 Å². The highest BCUT2D eigenvalue weighted by Crippen LogP contribution is 2.37. The van der Waals surface area contributed by atoms with E-state index in [1.165, 1.54) is 33.5 Å². The van der Waals surface area contributed by atoms with Crippen LogP contribution in [0.1, 0.15) is 19.8 Å². The molecule has 0 radical (unpaired) electrons. The van der Waals surface area contributed by atoms with Crippen LogP contribution in [0.5, 0.6) is 17.2 Å². The summed E-state index contributed by atoms with van der Waals surface area (Å²) in [6.45, 7) is 2.86. The molecule has 130 valence electrons. The summed E-state index contributed by atoms with van der Waals surface area (Å²) in [5.74, 6) is 0.834. The molecule has 2 atom stereocenters. The standard InChI is InChI=1S/C15H24N2O5S/c1-10-12(6-5-7-16-10)17-23(18,19)15-13(21-3)8-11(20-2)9-14(15)22-4/h8-10,12,16-17H,5-7H2,1-4H3. The molecule has 1 aliphatic rings. The quantitative estimate of drug-likeness (QED) is 0.805. The molecule has 1 fully saturated rings. The molecule has 0 aliphatic carbocycles. The zero-order valence-electron chi connectivity index (χ0n) is 13.9. The fourth-order valence-electron chi connectivity index (χ4n) is 2.70. The molecule has 2 unspecified atom stereocenters. The average molecular weight is 344 g/mol. The van der Waals surface area contributed by atoms with Crippen molar-refractivity contribution in [3.63, 3.8) is 0 Å². The van der Waals surface area contributed by atoms with E-state index < -0.39 is 10.0 Å². The van der Waals surface area contributed by atoms with Gasteiger partial charge in [0.05, 0.1) is 21.3 Å². The van der Waals surface area contributed by atoms with Crippen LogP contribution in [-0.4, -0.2) is 48.4 Å². The van der Waals surface area contributed by atoms with Crippen LogP contribution in [0, 0.1) is 0 Å². The minimum absolute atomic E-state index is 0.0129. The Morgan fingerprint density at radius 3 is 2.22 bits per heavy atom. The normalized spacial score (nSPS) is 21.7. The van der Waals surface area contributed by atoms with Crippen molar-refractivity contribution in [2.75, 3.05) is 27.9 Å². The Morgan fingerprint density at radius 2 is 1.74 bits per heavy atom. The van der Waals surface area contributed by atoms with Crippen molar-refractivity contribution in [1.82, 2.24) is 10.0 Å². The smallest absolute Gasteiger partial charge is 0.248 e. The molecule has 1 saturated heterocycles. The van der Waals surface area contributed by atoms with Gasteiger partial charge in [0.15, 0.2) is 4.90 Å². The third-order valence-electron chi connectivity index (χ3n) is 4.01. The molecule has 1 heterocycles. The van der Waals surface area contributed by atoms with Crippen molar-refractivity contribution < 1.29 is 22.6 Å². The molecule has 1 aliphatic heterocycles. The van der Waals surface area contributed by atoms with Crippen molar-refractivity contribution in [3.05, 3.63) is 12.1 Å². The number of piperidine rings is 1. The summed E-state index contributed by atoms with van der Waals surface area (Å²) in [7, 11) is 0.527. The molecule has 0 aromatic heterocycles. The maximum atomic E-state index is 12.9. The van der Waals surface area contributed by atoms with Gasteiger partial charge in [-0.3, -0.25) is 0 Å². The molecule has 0 bridgehead atoms. The van der Waals surface area contributed by atoms with Crippen LogP contribution in [0.4, 0.5) is 0 Å². The van der Waals surface area contributed by atoms with Gasteiger partial charge in [0.2, 0.25) is 10.0 Å². The second kappa shape index (κ2) is 7.37. The topological polar surface area (TPSA) is 85.9 Å². The number of hydrogen-bond acceptors (Lipinski definition) is 6. The minimum Gasteiger partial charge on any atom is -0.496 e. The third kappa shape index (κ3) is 3.88. The summed E-state index contributed by atoms with van der Waals surface area (Å²) in [5, 5.41) is 3.27. The lowest BCUT2D eigenvalue weighted by Gasteiger charge is -2.30. The van der Waals surface area contributed by atoms with Crippen molar-refractivity contribution in [1.29, 1.82) is 0 Å². The van der Waals surface area contributed by atoms with E-state index in [0.717, 1.165) is 19.4 Å². The van der Waals surface area contributed by atoms with Gasteiger partial charge in [-0.25, -0.2) is 13.1 Å². The second-order valence-electron chi connectivity index (χ2n) is 5.47. The molecule has 0 spiro atoms. The van der Waals surface area contributed by atoms with Gasteiger partial charge in [-0.15, -0.1) is 0 Å². The van der Waals surface area contributed by atoms with Crippen LogP contribution in [0.2, 0.25) is 0 Å². The average Bonchev–Trinajstić information content (AvgIpc) is 2.55. The van der Waals surface area contributed by atoms with E-state index in [0.29, 0.717) is 5.75 Å². The Hall–Kier alpha value is -1.51. The van der Waals surface area contributed by atoms with E-state index in [9.17, 15) is 8.42 Å². The number of methoxy groups -OCH3 is 3. The highest BCUT2D eigenvalue weighted by molar-refractivity contribution is 7.89. The number of hydrogen-bond donors (Lipinski definition) is 2. The van der Waals surface area contributed by atoms with Crippen LogP contribution < -0.4 is 24.2 Å². The fourth-order valence-corrected chi connectivity index (χ4v) is 4.35. The van der Waals surface area contributed by atoms with Crippen molar-refractivity contribution in [3.8, 4) is 17.2 Å². The van der Waals surface area contributed by atoms with Crippen LogP contribution >= 0.6 is 0 Å². The van der Waals surface area contributed by atoms with E-state index in [-0.39, 0.29) is 28.5 Å². The molecule has 0 amide bonds. The van der Waals surface area contributed by atoms with E-state index in [1.54, 1.807) is 0 Å². The lowest BCUT2D eigenvalue weighted by atomic mass is 10.0. The summed E-state index contributed by atoms with van der Waals surface area (Å²) < 4.78 is 44.1. The summed E-state index contributed by atoms with van der Waals surface area (Å²) >= 11 is 0. The van der Waals surface area contributed by atoms with Crippen molar-refractivity contribution in [2.45, 2.75) is 36.7 Å². The maximum Gasteiger partial charge on any atom is 0.248 e. The molecular weight excluding hydrogens is 320 g/mol. The summed E-state index contributed by atoms with van der Waals surface area (Å²) in [4.78, 5) is -0.0129. The van der Waals surface area contributed by atoms with Gasteiger partial charge in [0.1, 0.15) is 17.2 Å². The number of benzene rings is 1. The Morgan fingerprint density at radius 1 is 1.13 bits per heavy atom. The van der Waals surface area contributed by atoms with Crippen LogP contribution in [0.15, 0.2) is 17.0 Å². The summed E-state index contributed by atoms with van der Waals surface area (Å²) in [5.41, 5.74) is 0. The zero-order valence-corrected chi connectivity index (χ0v) is 14.7.